The van der Waals surface area contributed by atoms with Gasteiger partial charge >= 0.3 is 52.8 Å². The van der Waals surface area contributed by atoms with Crippen LogP contribution in [0.15, 0.2) is 0 Å². The third-order valence-electron chi connectivity index (χ3n) is 0. The minimum atomic E-state index is 0. The zero-order valence-electron chi connectivity index (χ0n) is 2.91. The van der Waals surface area contributed by atoms with E-state index >= 15 is 0 Å². The second-order valence-electron chi connectivity index (χ2n) is 0.908. The van der Waals surface area contributed by atoms with Gasteiger partial charge in [-0.3, -0.25) is 0 Å². The van der Waals surface area contributed by atoms with Crippen LogP contribution in [0.4, 0.5) is 0 Å². The Labute approximate surface area is 52.9 Å². The zero-order valence-corrected chi connectivity index (χ0v) is 2.91. The van der Waals surface area contributed by atoms with Crippen molar-refractivity contribution in [3.05, 3.63) is 0 Å². The molecule has 0 aliphatic heterocycles. The van der Waals surface area contributed by atoms with Gasteiger partial charge in [-0.1, -0.05) is 0 Å². The second kappa shape index (κ2) is 4.86. The molecule has 0 saturated heterocycles. The van der Waals surface area contributed by atoms with Crippen molar-refractivity contribution < 1.29 is 4.79 Å². The van der Waals surface area contributed by atoms with Crippen LogP contribution >= 0.6 is 0 Å². The Hall–Kier alpha value is 0.865. The number of hydrogen-bond donors (Lipinski definition) is 0. The van der Waals surface area contributed by atoms with Crippen molar-refractivity contribution in [1.29, 1.82) is 0 Å². The summed E-state index contributed by atoms with van der Waals surface area (Å²) in [6, 6.07) is 0. The van der Waals surface area contributed by atoms with Crippen LogP contribution in [-0.4, -0.2) is 41.0 Å². The Morgan fingerprint density at radius 3 is 1.80 bits per heavy atom. The van der Waals surface area contributed by atoms with Crippen LogP contribution in [0.25, 0.3) is 0 Å². The van der Waals surface area contributed by atoms with E-state index in [4.69, 9.17) is 0 Å². The van der Waals surface area contributed by atoms with Gasteiger partial charge in [0.05, 0.1) is 0 Å². The topological polar surface area (TPSA) is 17.1 Å². The van der Waals surface area contributed by atoms with Crippen LogP contribution in [0.3, 0.4) is 0 Å². The van der Waals surface area contributed by atoms with Gasteiger partial charge in [0.15, 0.2) is 0 Å². The normalized spacial score (nSPS) is 5.40. The molecule has 0 atom stereocenters. The summed E-state index contributed by atoms with van der Waals surface area (Å²) < 4.78 is 0.167. The van der Waals surface area contributed by atoms with E-state index in [0.717, 1.165) is 0 Å². The molecule has 20 valence electrons. The quantitative estimate of drug-likeness (QED) is 0.328. The fourth-order valence-corrected chi connectivity index (χ4v) is 0. The molecule has 0 fully saturated rings. The molecule has 0 heterocycles. The molecule has 0 unspecified atom stereocenters. The van der Waals surface area contributed by atoms with E-state index in [1.807, 2.05) is 0 Å². The Morgan fingerprint density at radius 1 is 1.80 bits per heavy atom. The molecule has 0 bridgehead atoms. The van der Waals surface area contributed by atoms with Crippen molar-refractivity contribution in [2.75, 3.05) is 0 Å². The molecule has 0 radical (unpaired) electrons. The molecule has 0 amide bonds. The third kappa shape index (κ3) is 53.4. The molecule has 0 saturated carbocycles. The van der Waals surface area contributed by atoms with Crippen LogP contribution < -0.4 is 0 Å². The number of carbonyl (C=O) groups excluding carboxylic acids is 1. The third-order valence-corrected chi connectivity index (χ3v) is 0. The van der Waals surface area contributed by atoms with Crippen LogP contribution in [0, 0.1) is 0 Å². The van der Waals surface area contributed by atoms with Crippen LogP contribution in [0.1, 0.15) is 6.92 Å². The van der Waals surface area contributed by atoms with Gasteiger partial charge in [0.25, 0.3) is 0 Å². The van der Waals surface area contributed by atoms with E-state index in [0.29, 0.717) is 0 Å². The number of carbonyl (C=O) groups is 1. The van der Waals surface area contributed by atoms with E-state index in [1.165, 1.54) is 24.6 Å². The van der Waals surface area contributed by atoms with Gasteiger partial charge in [0.2, 0.25) is 0 Å². The van der Waals surface area contributed by atoms with Crippen LogP contribution in [0.2, 0.25) is 0 Å². The monoisotopic (exact) mass is 58.1 g/mol. The van der Waals surface area contributed by atoms with Gasteiger partial charge < -0.3 is 0 Å². The van der Waals surface area contributed by atoms with Crippen LogP contribution in [-0.2, 0) is 4.79 Å². The van der Waals surface area contributed by atoms with Gasteiger partial charge in [-0.05, 0) is 0 Å². The molecule has 3 heteroatoms. The fourth-order valence-electron chi connectivity index (χ4n) is 0. The molecule has 0 aromatic carbocycles. The van der Waals surface area contributed by atoms with E-state index in [1.54, 1.807) is 0 Å². The average Bonchev–Trinajstić information content (AvgIpc) is 0.811. The summed E-state index contributed by atoms with van der Waals surface area (Å²) in [5.74, 6) is 0. The van der Waals surface area contributed by atoms with E-state index < -0.39 is 0 Å². The van der Waals surface area contributed by atoms with Gasteiger partial charge in [-0.25, -0.2) is 0 Å². The first-order valence-corrected chi connectivity index (χ1v) is 1.20. The van der Waals surface area contributed by atoms with E-state index in [-0.39, 0.29) is 23.3 Å². The summed E-state index contributed by atoms with van der Waals surface area (Å²) in [6.45, 7) is 1.53. The molecular formula is C2H4Li2O. The first-order chi connectivity index (χ1) is 1.73. The summed E-state index contributed by atoms with van der Waals surface area (Å²) in [7, 11) is 0. The van der Waals surface area contributed by atoms with Crippen molar-refractivity contribution in [1.82, 2.24) is 0 Å². The SMILES string of the molecule is [LiH].[Li][C](C)=O. The van der Waals surface area contributed by atoms with E-state index in [9.17, 15) is 4.79 Å². The average molecular weight is 57.9 g/mol. The van der Waals surface area contributed by atoms with E-state index in [2.05, 4.69) is 0 Å². The molecule has 0 aliphatic rings. The first-order valence-electron chi connectivity index (χ1n) is 1.20. The van der Waals surface area contributed by atoms with Gasteiger partial charge in [-0.2, -0.15) is 0 Å². The minimum absolute atomic E-state index is 0. The molecule has 0 N–H and O–H groups in total. The van der Waals surface area contributed by atoms with Gasteiger partial charge in [0.1, 0.15) is 0 Å². The second-order valence-corrected chi connectivity index (χ2v) is 0.908. The molecular weight excluding hydrogens is 53.9 g/mol. The number of rotatable bonds is 0. The summed E-state index contributed by atoms with van der Waals surface area (Å²) >= 11 is 1.53. The molecule has 5 heavy (non-hydrogen) atoms. The maximum atomic E-state index is 9.44. The molecule has 0 spiro atoms. The Kier molecular flexibility index (Phi) is 9.04. The van der Waals surface area contributed by atoms with Gasteiger partial charge in [-0.15, -0.1) is 0 Å². The number of hydrogen-bond acceptors (Lipinski definition) is 1. The summed E-state index contributed by atoms with van der Waals surface area (Å²) in [6.07, 6.45) is 0. The standard InChI is InChI=1S/C2H3O.2Li.H/c1-2-3;;;/h1H3;;;. The molecule has 0 aliphatic carbocycles. The predicted molar refractivity (Wildman–Crippen MR) is 23.6 cm³/mol. The predicted octanol–water partition coefficient (Wildman–Crippen LogP) is -0.947. The fraction of sp³-hybridized carbons (Fsp3) is 0.500. The summed E-state index contributed by atoms with van der Waals surface area (Å²) in [4.78, 5) is 9.44. The summed E-state index contributed by atoms with van der Waals surface area (Å²) in [5.41, 5.74) is 0. The zero-order chi connectivity index (χ0) is 3.58. The maximum absolute atomic E-state index is 9.44. The molecule has 1 nitrogen and oxygen atoms in total. The van der Waals surface area contributed by atoms with Gasteiger partial charge in [0, 0.05) is 0 Å². The molecule has 0 rings (SSSR count). The Bertz CT molecular complexity index is 30.6. The summed E-state index contributed by atoms with van der Waals surface area (Å²) in [5, 5.41) is 0. The van der Waals surface area contributed by atoms with Crippen LogP contribution in [0.5, 0.6) is 0 Å². The molecule has 0 aromatic rings. The van der Waals surface area contributed by atoms with Crippen molar-refractivity contribution in [3.63, 3.8) is 0 Å². The van der Waals surface area contributed by atoms with Crippen molar-refractivity contribution >= 4 is 41.0 Å². The van der Waals surface area contributed by atoms with Crippen molar-refractivity contribution in [2.24, 2.45) is 0 Å². The Balaban J connectivity index is 0. The van der Waals surface area contributed by atoms with Crippen molar-refractivity contribution in [2.45, 2.75) is 6.92 Å². The van der Waals surface area contributed by atoms with Crippen molar-refractivity contribution in [3.8, 4) is 0 Å². The molecule has 0 aromatic heterocycles. The Morgan fingerprint density at radius 2 is 1.80 bits per heavy atom. The first kappa shape index (κ1) is 9.29.